The Bertz CT molecular complexity index is 169. The standard InChI is InChI=1S/C9H20N3.3CF3.2CH3.3ClH.Ti/c1-4-10-6-2-8-12-9-3-7-11-5-1;3*2-1(3)4;;;;;;/h10-11H,1-9H2;;;;2*1H3;3*1H;/q6*-1;;;;. The van der Waals surface area contributed by atoms with Gasteiger partial charge in [-0.15, -0.1) is 50.3 Å². The van der Waals surface area contributed by atoms with Crippen molar-refractivity contribution in [2.75, 3.05) is 39.3 Å². The molecule has 0 saturated carbocycles. The fraction of sp³-hybridized carbons (Fsp3) is 0.643. The Morgan fingerprint density at radius 3 is 0.933 bits per heavy atom. The molecule has 1 aliphatic rings. The molecule has 0 aliphatic carbocycles. The number of rotatable bonds is 0. The molecule has 0 atom stereocenters. The van der Waals surface area contributed by atoms with Crippen molar-refractivity contribution in [1.29, 1.82) is 0 Å². The first kappa shape index (κ1) is 57.6. The number of nitrogens with one attached hydrogen (secondary N) is 2. The number of hydrogen-bond acceptors (Lipinski definition) is 2. The minimum atomic E-state index is -3.08. The van der Waals surface area contributed by atoms with Crippen LogP contribution in [-0.2, 0) is 21.7 Å². The van der Waals surface area contributed by atoms with Crippen LogP contribution in [-0.4, -0.2) is 39.3 Å². The quantitative estimate of drug-likeness (QED) is 0.191. The third-order valence-corrected chi connectivity index (χ3v) is 2.05. The summed E-state index contributed by atoms with van der Waals surface area (Å²) in [4.78, 5) is 0. The van der Waals surface area contributed by atoms with Crippen LogP contribution in [0.25, 0.3) is 5.32 Å². The number of nitrogens with zero attached hydrogens (tertiary/aromatic N) is 1. The molecule has 0 aromatic carbocycles. The van der Waals surface area contributed by atoms with Crippen LogP contribution in [0, 0.1) is 34.9 Å². The molecule has 0 spiro atoms. The molecule has 16 heteroatoms. The molecule has 0 bridgehead atoms. The topological polar surface area (TPSA) is 38.2 Å². The first-order valence-electron chi connectivity index (χ1n) is 6.75. The maximum Gasteiger partial charge on any atom is 0.154 e. The fourth-order valence-corrected chi connectivity index (χ4v) is 1.33. The van der Waals surface area contributed by atoms with Gasteiger partial charge in [0, 0.05) is 21.7 Å². The summed E-state index contributed by atoms with van der Waals surface area (Å²) in [6.45, 7) is -2.63. The monoisotopic (exact) mass is 563 g/mol. The molecule has 0 amide bonds. The minimum absolute atomic E-state index is 0. The van der Waals surface area contributed by atoms with Crippen molar-refractivity contribution in [3.8, 4) is 0 Å². The molecular formula is C14H29Cl3F9N3Ti-6. The second kappa shape index (κ2) is 52.0. The van der Waals surface area contributed by atoms with Crippen LogP contribution in [0.3, 0.4) is 0 Å². The summed E-state index contributed by atoms with van der Waals surface area (Å²) in [5.41, 5.74) is 0. The predicted octanol–water partition coefficient (Wildman–Crippen LogP) is 6.91. The summed E-state index contributed by atoms with van der Waals surface area (Å²) < 4.78 is 86.2. The maximum atomic E-state index is 9.58. The second-order valence-corrected chi connectivity index (χ2v) is 3.87. The summed E-state index contributed by atoms with van der Waals surface area (Å²) in [6, 6.07) is 0. The van der Waals surface area contributed by atoms with Gasteiger partial charge in [0.05, 0.1) is 0 Å². The minimum Gasteiger partial charge on any atom is -0.662 e. The van der Waals surface area contributed by atoms with Crippen molar-refractivity contribution in [1.82, 2.24) is 10.6 Å². The van der Waals surface area contributed by atoms with E-state index in [0.717, 1.165) is 39.3 Å². The Kier molecular flexibility index (Phi) is 99.8. The van der Waals surface area contributed by atoms with Gasteiger partial charge in [-0.05, 0) is 32.6 Å². The molecule has 1 aliphatic heterocycles. The summed E-state index contributed by atoms with van der Waals surface area (Å²) in [5, 5.41) is 11.2. The zero-order chi connectivity index (χ0) is 19.2. The summed E-state index contributed by atoms with van der Waals surface area (Å²) in [6.07, 6.45) is 3.65. The van der Waals surface area contributed by atoms with Crippen LogP contribution in [0.5, 0.6) is 0 Å². The fourth-order valence-electron chi connectivity index (χ4n) is 1.33. The van der Waals surface area contributed by atoms with Gasteiger partial charge in [0.25, 0.3) is 0 Å². The molecule has 2 N–H and O–H groups in total. The molecule has 0 radical (unpaired) electrons. The largest absolute Gasteiger partial charge is 0.662 e. The number of halogens is 12. The van der Waals surface area contributed by atoms with Gasteiger partial charge in [-0.3, -0.25) is 0 Å². The SMILES string of the molecule is C1C[N-]CCCNCCCNC1.Cl.Cl.Cl.F[C-](F)F.F[C-](F)F.F[C-](F)F.[CH3-].[CH3-].[Ti]. The van der Waals surface area contributed by atoms with Gasteiger partial charge < -0.3 is 70.3 Å². The predicted molar refractivity (Wildman–Crippen MR) is 107 cm³/mol. The Morgan fingerprint density at radius 2 is 0.700 bits per heavy atom. The van der Waals surface area contributed by atoms with E-state index in [-0.39, 0.29) is 73.8 Å². The molecule has 3 nitrogen and oxygen atoms in total. The second-order valence-electron chi connectivity index (χ2n) is 3.87. The molecule has 1 fully saturated rings. The van der Waals surface area contributed by atoms with E-state index in [2.05, 4.69) is 16.0 Å². The maximum absolute atomic E-state index is 9.58. The van der Waals surface area contributed by atoms with E-state index in [1.165, 1.54) is 19.3 Å². The molecule has 0 aromatic heterocycles. The van der Waals surface area contributed by atoms with Gasteiger partial charge in [-0.2, -0.15) is 0 Å². The van der Waals surface area contributed by atoms with Crippen molar-refractivity contribution >= 4 is 37.2 Å². The third-order valence-electron chi connectivity index (χ3n) is 2.05. The molecular weight excluding hydrogens is 535 g/mol. The van der Waals surface area contributed by atoms with E-state index < -0.39 is 20.0 Å². The van der Waals surface area contributed by atoms with E-state index in [4.69, 9.17) is 0 Å². The molecule has 0 unspecified atom stereocenters. The molecule has 1 rings (SSSR count). The van der Waals surface area contributed by atoms with E-state index in [0.29, 0.717) is 0 Å². The summed E-state index contributed by atoms with van der Waals surface area (Å²) in [5.74, 6) is 0. The normalized spacial score (nSPS) is 13.2. The Hall–Kier alpha value is 0.834. The third kappa shape index (κ3) is 136. The molecule has 0 aromatic rings. The zero-order valence-electron chi connectivity index (χ0n) is 16.4. The average Bonchev–Trinajstić information content (AvgIpc) is 2.37. The number of hydrogen-bond donors (Lipinski definition) is 2. The van der Waals surface area contributed by atoms with Crippen LogP contribution >= 0.6 is 37.2 Å². The van der Waals surface area contributed by atoms with Crippen LogP contribution in [0.4, 0.5) is 39.5 Å². The van der Waals surface area contributed by atoms with Gasteiger partial charge >= 0.3 is 0 Å². The Labute approximate surface area is 207 Å². The summed E-state index contributed by atoms with van der Waals surface area (Å²) in [7, 11) is 0. The van der Waals surface area contributed by atoms with Gasteiger partial charge in [-0.1, -0.05) is 12.8 Å². The molecule has 194 valence electrons. The average molecular weight is 565 g/mol. The van der Waals surface area contributed by atoms with E-state index in [1.807, 2.05) is 0 Å². The van der Waals surface area contributed by atoms with E-state index in [1.54, 1.807) is 0 Å². The van der Waals surface area contributed by atoms with Crippen molar-refractivity contribution in [3.05, 3.63) is 40.2 Å². The van der Waals surface area contributed by atoms with Crippen LogP contribution in [0.15, 0.2) is 0 Å². The molecule has 1 heterocycles. The summed E-state index contributed by atoms with van der Waals surface area (Å²) >= 11 is 0. The first-order valence-corrected chi connectivity index (χ1v) is 6.75. The van der Waals surface area contributed by atoms with Crippen LogP contribution in [0.1, 0.15) is 19.3 Å². The van der Waals surface area contributed by atoms with E-state index >= 15 is 0 Å². The van der Waals surface area contributed by atoms with Crippen LogP contribution in [0.2, 0.25) is 0 Å². The molecule has 30 heavy (non-hydrogen) atoms. The van der Waals surface area contributed by atoms with Crippen molar-refractivity contribution in [3.63, 3.8) is 0 Å². The van der Waals surface area contributed by atoms with Gasteiger partial charge in [0.15, 0.2) is 20.0 Å². The van der Waals surface area contributed by atoms with Gasteiger partial charge in [0.2, 0.25) is 0 Å². The smallest absolute Gasteiger partial charge is 0.154 e. The van der Waals surface area contributed by atoms with E-state index in [9.17, 15) is 39.5 Å². The Balaban J connectivity index is -0.0000000304. The van der Waals surface area contributed by atoms with Crippen molar-refractivity contribution in [2.24, 2.45) is 0 Å². The van der Waals surface area contributed by atoms with Crippen molar-refractivity contribution in [2.45, 2.75) is 19.3 Å². The molecule has 1 saturated heterocycles. The van der Waals surface area contributed by atoms with Gasteiger partial charge in [0.1, 0.15) is 0 Å². The van der Waals surface area contributed by atoms with Gasteiger partial charge in [-0.25, -0.2) is 0 Å². The zero-order valence-corrected chi connectivity index (χ0v) is 20.4. The van der Waals surface area contributed by atoms with Crippen molar-refractivity contribution < 1.29 is 61.2 Å². The Morgan fingerprint density at radius 1 is 0.500 bits per heavy atom. The first-order chi connectivity index (χ1) is 11.2. The van der Waals surface area contributed by atoms with Crippen LogP contribution < -0.4 is 10.6 Å².